The van der Waals surface area contributed by atoms with Crippen molar-refractivity contribution in [2.75, 3.05) is 19.7 Å². The van der Waals surface area contributed by atoms with Gasteiger partial charge >= 0.3 is 0 Å². The summed E-state index contributed by atoms with van der Waals surface area (Å²) in [5, 5.41) is 7.87. The van der Waals surface area contributed by atoms with Gasteiger partial charge in [0.1, 0.15) is 6.10 Å². The van der Waals surface area contributed by atoms with Gasteiger partial charge in [-0.15, -0.1) is 21.5 Å². The van der Waals surface area contributed by atoms with Gasteiger partial charge in [-0.25, -0.2) is 8.42 Å². The minimum atomic E-state index is -3.54. The summed E-state index contributed by atoms with van der Waals surface area (Å²) >= 11 is 1.49. The summed E-state index contributed by atoms with van der Waals surface area (Å²) in [5.41, 5.74) is 0. The van der Waals surface area contributed by atoms with Crippen LogP contribution in [0, 0.1) is 13.8 Å². The predicted octanol–water partition coefficient (Wildman–Crippen LogP) is 2.07. The van der Waals surface area contributed by atoms with E-state index in [4.69, 9.17) is 9.15 Å². The summed E-state index contributed by atoms with van der Waals surface area (Å²) < 4.78 is 38.3. The molecule has 7 nitrogen and oxygen atoms in total. The van der Waals surface area contributed by atoms with E-state index in [1.165, 1.54) is 15.6 Å². The molecule has 1 aliphatic rings. The summed E-state index contributed by atoms with van der Waals surface area (Å²) in [5.74, 6) is 0.854. The molecule has 1 atom stereocenters. The van der Waals surface area contributed by atoms with Crippen molar-refractivity contribution in [3.8, 4) is 0 Å². The van der Waals surface area contributed by atoms with Crippen LogP contribution < -0.4 is 0 Å². The highest BCUT2D eigenvalue weighted by Crippen LogP contribution is 2.30. The minimum absolute atomic E-state index is 0.183. The van der Waals surface area contributed by atoms with Crippen molar-refractivity contribution >= 4 is 21.4 Å². The van der Waals surface area contributed by atoms with Gasteiger partial charge in [-0.1, -0.05) is 6.92 Å². The quantitative estimate of drug-likeness (QED) is 0.833. The molecule has 0 aliphatic carbocycles. The molecule has 1 fully saturated rings. The largest absolute Gasteiger partial charge is 0.422 e. The molecule has 2 aromatic heterocycles. The highest BCUT2D eigenvalue weighted by atomic mass is 32.2. The van der Waals surface area contributed by atoms with Crippen LogP contribution in [0.1, 0.15) is 34.6 Å². The average molecular weight is 357 g/mol. The first-order valence-electron chi connectivity index (χ1n) is 7.43. The van der Waals surface area contributed by atoms with Crippen molar-refractivity contribution < 1.29 is 17.6 Å². The third-order valence-electron chi connectivity index (χ3n) is 3.70. The second-order valence-electron chi connectivity index (χ2n) is 5.39. The first-order chi connectivity index (χ1) is 10.9. The lowest BCUT2D eigenvalue weighted by molar-refractivity contribution is -0.0178. The molecule has 0 bridgehead atoms. The molecule has 0 unspecified atom stereocenters. The summed E-state index contributed by atoms with van der Waals surface area (Å²) in [6.45, 7) is 6.45. The van der Waals surface area contributed by atoms with E-state index >= 15 is 0 Å². The van der Waals surface area contributed by atoms with Gasteiger partial charge in [-0.2, -0.15) is 4.31 Å². The first kappa shape index (κ1) is 16.6. The van der Waals surface area contributed by atoms with Crippen molar-refractivity contribution in [3.63, 3.8) is 0 Å². The maximum atomic E-state index is 12.9. The molecule has 0 saturated carbocycles. The smallest absolute Gasteiger partial charge is 0.246 e. The Balaban J connectivity index is 1.84. The van der Waals surface area contributed by atoms with Crippen LogP contribution in [0.25, 0.3) is 0 Å². The van der Waals surface area contributed by atoms with Crippen LogP contribution in [0.5, 0.6) is 0 Å². The summed E-state index contributed by atoms with van der Waals surface area (Å²) in [6, 6.07) is 1.72. The van der Waals surface area contributed by atoms with Crippen LogP contribution in [0.3, 0.4) is 0 Å². The van der Waals surface area contributed by atoms with E-state index in [0.717, 1.165) is 9.75 Å². The lowest BCUT2D eigenvalue weighted by atomic mass is 10.3. The number of aryl methyl sites for hydroxylation is 3. The SMILES string of the molecule is CCc1nnc([C@H]2CN(S(=O)(=O)c3cc(C)sc3C)CCO2)o1. The molecule has 0 amide bonds. The highest BCUT2D eigenvalue weighted by molar-refractivity contribution is 7.89. The van der Waals surface area contributed by atoms with E-state index in [9.17, 15) is 8.42 Å². The Morgan fingerprint density at radius 3 is 2.78 bits per heavy atom. The molecular formula is C14H19N3O4S2. The summed E-state index contributed by atoms with van der Waals surface area (Å²) in [7, 11) is -3.54. The Morgan fingerprint density at radius 1 is 1.39 bits per heavy atom. The van der Waals surface area contributed by atoms with Crippen molar-refractivity contribution in [2.45, 2.75) is 38.2 Å². The Hall–Kier alpha value is -1.29. The first-order valence-corrected chi connectivity index (χ1v) is 9.68. The minimum Gasteiger partial charge on any atom is -0.422 e. The molecule has 23 heavy (non-hydrogen) atoms. The monoisotopic (exact) mass is 357 g/mol. The van der Waals surface area contributed by atoms with Gasteiger partial charge in [-0.05, 0) is 19.9 Å². The predicted molar refractivity (Wildman–Crippen MR) is 84.9 cm³/mol. The molecule has 0 spiro atoms. The number of rotatable bonds is 4. The molecule has 0 N–H and O–H groups in total. The normalized spacial score (nSPS) is 20.0. The Morgan fingerprint density at radius 2 is 2.17 bits per heavy atom. The number of morpholine rings is 1. The molecule has 9 heteroatoms. The summed E-state index contributed by atoms with van der Waals surface area (Å²) in [6.07, 6.45) is 0.112. The second-order valence-corrected chi connectivity index (χ2v) is 8.75. The summed E-state index contributed by atoms with van der Waals surface area (Å²) in [4.78, 5) is 2.16. The molecule has 1 aliphatic heterocycles. The van der Waals surface area contributed by atoms with Crippen molar-refractivity contribution in [1.29, 1.82) is 0 Å². The maximum Gasteiger partial charge on any atom is 0.246 e. The van der Waals surface area contributed by atoms with E-state index in [2.05, 4.69) is 10.2 Å². The van der Waals surface area contributed by atoms with Crippen LogP contribution >= 0.6 is 11.3 Å². The molecule has 126 valence electrons. The molecule has 0 radical (unpaired) electrons. The van der Waals surface area contributed by atoms with Crippen LogP contribution in [0.2, 0.25) is 0 Å². The number of hydrogen-bond donors (Lipinski definition) is 0. The molecule has 2 aromatic rings. The average Bonchev–Trinajstić information content (AvgIpc) is 3.14. The van der Waals surface area contributed by atoms with Gasteiger partial charge < -0.3 is 9.15 Å². The van der Waals surface area contributed by atoms with Gasteiger partial charge in [0.15, 0.2) is 0 Å². The highest BCUT2D eigenvalue weighted by Gasteiger charge is 2.35. The lowest BCUT2D eigenvalue weighted by Gasteiger charge is -2.30. The standard InChI is InChI=1S/C14H19N3O4S2/c1-4-13-15-16-14(21-13)11-8-17(5-6-20-11)23(18,19)12-7-9(2)22-10(12)3/h7,11H,4-6,8H2,1-3H3/t11-/m1/s1. The van der Waals surface area contributed by atoms with Crippen molar-refractivity contribution in [2.24, 2.45) is 0 Å². The third-order valence-corrected chi connectivity index (χ3v) is 6.79. The zero-order valence-corrected chi connectivity index (χ0v) is 14.9. The number of sulfonamides is 1. The van der Waals surface area contributed by atoms with E-state index in [1.54, 1.807) is 6.07 Å². The van der Waals surface area contributed by atoms with Gasteiger partial charge in [0.05, 0.1) is 11.5 Å². The van der Waals surface area contributed by atoms with Crippen LogP contribution in [-0.2, 0) is 21.2 Å². The van der Waals surface area contributed by atoms with Crippen LogP contribution in [-0.4, -0.2) is 42.6 Å². The fourth-order valence-electron chi connectivity index (χ4n) is 2.54. The second kappa shape index (κ2) is 6.31. The molecule has 3 heterocycles. The Kier molecular flexibility index (Phi) is 4.54. The van der Waals surface area contributed by atoms with Crippen LogP contribution in [0.4, 0.5) is 0 Å². The van der Waals surface area contributed by atoms with E-state index in [-0.39, 0.29) is 6.54 Å². The maximum absolute atomic E-state index is 12.9. The Labute approximate surface area is 139 Å². The van der Waals surface area contributed by atoms with Gasteiger partial charge in [0, 0.05) is 29.3 Å². The van der Waals surface area contributed by atoms with Crippen molar-refractivity contribution in [3.05, 3.63) is 27.6 Å². The lowest BCUT2D eigenvalue weighted by Crippen LogP contribution is -2.42. The fraction of sp³-hybridized carbons (Fsp3) is 0.571. The van der Waals surface area contributed by atoms with E-state index in [0.29, 0.717) is 36.2 Å². The Bertz CT molecular complexity index is 797. The van der Waals surface area contributed by atoms with E-state index in [1.807, 2.05) is 20.8 Å². The number of thiophene rings is 1. The topological polar surface area (TPSA) is 85.5 Å². The number of ether oxygens (including phenoxy) is 1. The zero-order chi connectivity index (χ0) is 16.6. The van der Waals surface area contributed by atoms with Crippen LogP contribution in [0.15, 0.2) is 15.4 Å². The molecule has 1 saturated heterocycles. The number of aromatic nitrogens is 2. The van der Waals surface area contributed by atoms with E-state index < -0.39 is 16.1 Å². The van der Waals surface area contributed by atoms with Gasteiger partial charge in [-0.3, -0.25) is 0 Å². The zero-order valence-electron chi connectivity index (χ0n) is 13.3. The molecule has 3 rings (SSSR count). The third kappa shape index (κ3) is 3.18. The molecule has 0 aromatic carbocycles. The number of nitrogens with zero attached hydrogens (tertiary/aromatic N) is 3. The fourth-order valence-corrected chi connectivity index (χ4v) is 5.48. The van der Waals surface area contributed by atoms with Gasteiger partial charge in [0.2, 0.25) is 21.8 Å². The van der Waals surface area contributed by atoms with Gasteiger partial charge in [0.25, 0.3) is 0 Å². The molecular weight excluding hydrogens is 338 g/mol. The number of hydrogen-bond acceptors (Lipinski definition) is 7. The van der Waals surface area contributed by atoms with Crippen molar-refractivity contribution in [1.82, 2.24) is 14.5 Å².